The number of nitrogens with zero attached hydrogens (tertiary/aromatic N) is 2. The van der Waals surface area contributed by atoms with E-state index in [4.69, 9.17) is 4.74 Å². The lowest BCUT2D eigenvalue weighted by molar-refractivity contribution is -0.123. The van der Waals surface area contributed by atoms with Crippen molar-refractivity contribution in [3.8, 4) is 5.75 Å². The molecule has 0 aliphatic carbocycles. The van der Waals surface area contributed by atoms with Crippen LogP contribution in [-0.4, -0.2) is 49.5 Å². The lowest BCUT2D eigenvalue weighted by Gasteiger charge is -2.28. The van der Waals surface area contributed by atoms with Gasteiger partial charge in [-0.3, -0.25) is 14.5 Å². The van der Waals surface area contributed by atoms with E-state index in [9.17, 15) is 9.59 Å². The monoisotopic (exact) mass is 407 g/mol. The van der Waals surface area contributed by atoms with Crippen molar-refractivity contribution >= 4 is 17.5 Å². The van der Waals surface area contributed by atoms with Gasteiger partial charge in [-0.05, 0) is 50.0 Å². The van der Waals surface area contributed by atoms with Crippen molar-refractivity contribution in [3.05, 3.63) is 60.2 Å². The van der Waals surface area contributed by atoms with E-state index < -0.39 is 0 Å². The Labute approximate surface area is 177 Å². The summed E-state index contributed by atoms with van der Waals surface area (Å²) < 4.78 is 5.70. The summed E-state index contributed by atoms with van der Waals surface area (Å²) in [6.07, 6.45) is 3.88. The Morgan fingerprint density at radius 3 is 2.53 bits per heavy atom. The van der Waals surface area contributed by atoms with Crippen molar-refractivity contribution in [2.75, 3.05) is 37.7 Å². The molecule has 6 heteroatoms. The first-order chi connectivity index (χ1) is 14.7. The SMILES string of the molecule is O=C(COc1cccc(N2CCCC2=O)c1)NC[C@@H](c1ccccc1)N1CCCC1. The lowest BCUT2D eigenvalue weighted by atomic mass is 10.1. The highest BCUT2D eigenvalue weighted by Gasteiger charge is 2.24. The summed E-state index contributed by atoms with van der Waals surface area (Å²) in [7, 11) is 0. The fourth-order valence-corrected chi connectivity index (χ4v) is 4.26. The second-order valence-electron chi connectivity index (χ2n) is 7.91. The lowest BCUT2D eigenvalue weighted by Crippen LogP contribution is -2.38. The van der Waals surface area contributed by atoms with Gasteiger partial charge in [0.1, 0.15) is 5.75 Å². The maximum atomic E-state index is 12.4. The Kier molecular flexibility index (Phi) is 6.64. The molecule has 0 saturated carbocycles. The summed E-state index contributed by atoms with van der Waals surface area (Å²) in [4.78, 5) is 28.6. The topological polar surface area (TPSA) is 61.9 Å². The first kappa shape index (κ1) is 20.4. The number of benzene rings is 2. The highest BCUT2D eigenvalue weighted by Crippen LogP contribution is 2.26. The van der Waals surface area contributed by atoms with E-state index in [1.54, 1.807) is 4.90 Å². The molecule has 0 radical (unpaired) electrons. The number of hydrogen-bond donors (Lipinski definition) is 1. The van der Waals surface area contributed by atoms with Gasteiger partial charge in [0, 0.05) is 31.3 Å². The fraction of sp³-hybridized carbons (Fsp3) is 0.417. The third-order valence-corrected chi connectivity index (χ3v) is 5.83. The molecule has 1 atom stereocenters. The van der Waals surface area contributed by atoms with Crippen LogP contribution in [0.4, 0.5) is 5.69 Å². The highest BCUT2D eigenvalue weighted by atomic mass is 16.5. The summed E-state index contributed by atoms with van der Waals surface area (Å²) in [6, 6.07) is 17.9. The molecule has 6 nitrogen and oxygen atoms in total. The predicted molar refractivity (Wildman–Crippen MR) is 117 cm³/mol. The molecule has 30 heavy (non-hydrogen) atoms. The molecule has 0 bridgehead atoms. The number of carbonyl (C=O) groups is 2. The van der Waals surface area contributed by atoms with E-state index in [0.717, 1.165) is 31.7 Å². The quantitative estimate of drug-likeness (QED) is 0.730. The van der Waals surface area contributed by atoms with Crippen molar-refractivity contribution < 1.29 is 14.3 Å². The number of hydrogen-bond acceptors (Lipinski definition) is 4. The standard InChI is InChI=1S/C24H29N3O3/c28-23(18-30-21-11-6-10-20(16-21)27-15-7-12-24(27)29)25-17-22(26-13-4-5-14-26)19-8-2-1-3-9-19/h1-3,6,8-11,16,22H,4-5,7,12-15,17-18H2,(H,25,28)/t22-/m0/s1. The number of rotatable bonds is 8. The van der Waals surface area contributed by atoms with Crippen LogP contribution < -0.4 is 15.0 Å². The fourth-order valence-electron chi connectivity index (χ4n) is 4.26. The van der Waals surface area contributed by atoms with E-state index in [-0.39, 0.29) is 24.5 Å². The third-order valence-electron chi connectivity index (χ3n) is 5.83. The van der Waals surface area contributed by atoms with Gasteiger partial charge in [-0.1, -0.05) is 36.4 Å². The molecular weight excluding hydrogens is 378 g/mol. The van der Waals surface area contributed by atoms with Crippen LogP contribution >= 0.6 is 0 Å². The Hall–Kier alpha value is -2.86. The van der Waals surface area contributed by atoms with Crippen LogP contribution in [0.1, 0.15) is 37.3 Å². The summed E-state index contributed by atoms with van der Waals surface area (Å²) in [6.45, 7) is 3.38. The third kappa shape index (κ3) is 5.00. The van der Waals surface area contributed by atoms with E-state index in [2.05, 4.69) is 22.3 Å². The van der Waals surface area contributed by atoms with E-state index in [1.807, 2.05) is 42.5 Å². The molecule has 2 saturated heterocycles. The van der Waals surface area contributed by atoms with Gasteiger partial charge < -0.3 is 15.0 Å². The molecule has 4 rings (SSSR count). The maximum Gasteiger partial charge on any atom is 0.258 e. The molecule has 2 aliphatic heterocycles. The molecule has 0 spiro atoms. The Bertz CT molecular complexity index is 865. The molecule has 0 aromatic heterocycles. The molecule has 158 valence electrons. The molecule has 2 aromatic rings. The minimum atomic E-state index is -0.141. The van der Waals surface area contributed by atoms with Crippen molar-refractivity contribution in [2.45, 2.75) is 31.7 Å². The van der Waals surface area contributed by atoms with Crippen LogP contribution in [-0.2, 0) is 9.59 Å². The van der Waals surface area contributed by atoms with Gasteiger partial charge in [-0.25, -0.2) is 0 Å². The minimum absolute atomic E-state index is 0.0427. The summed E-state index contributed by atoms with van der Waals surface area (Å²) in [5, 5.41) is 3.04. The first-order valence-corrected chi connectivity index (χ1v) is 10.8. The second-order valence-corrected chi connectivity index (χ2v) is 7.91. The van der Waals surface area contributed by atoms with Gasteiger partial charge >= 0.3 is 0 Å². The molecule has 2 amide bonds. The molecule has 2 heterocycles. The number of amides is 2. The molecular formula is C24H29N3O3. The zero-order valence-electron chi connectivity index (χ0n) is 17.3. The van der Waals surface area contributed by atoms with Crippen LogP contribution in [0, 0.1) is 0 Å². The number of anilines is 1. The van der Waals surface area contributed by atoms with Crippen LogP contribution in [0.15, 0.2) is 54.6 Å². The molecule has 2 aromatic carbocycles. The normalized spacial score (nSPS) is 17.9. The predicted octanol–water partition coefficient (Wildman–Crippen LogP) is 3.15. The minimum Gasteiger partial charge on any atom is -0.484 e. The van der Waals surface area contributed by atoms with Crippen molar-refractivity contribution in [2.24, 2.45) is 0 Å². The van der Waals surface area contributed by atoms with E-state index in [0.29, 0.717) is 18.7 Å². The summed E-state index contributed by atoms with van der Waals surface area (Å²) in [5.41, 5.74) is 2.05. The number of carbonyl (C=O) groups excluding carboxylic acids is 2. The van der Waals surface area contributed by atoms with Gasteiger partial charge in [0.2, 0.25) is 5.91 Å². The van der Waals surface area contributed by atoms with Crippen molar-refractivity contribution in [3.63, 3.8) is 0 Å². The average Bonchev–Trinajstić information content (AvgIpc) is 3.45. The average molecular weight is 408 g/mol. The second kappa shape index (κ2) is 9.76. The Balaban J connectivity index is 1.31. The van der Waals surface area contributed by atoms with Gasteiger partial charge in [0.25, 0.3) is 5.91 Å². The van der Waals surface area contributed by atoms with Gasteiger partial charge in [0.15, 0.2) is 6.61 Å². The molecule has 1 N–H and O–H groups in total. The Morgan fingerprint density at radius 1 is 1.00 bits per heavy atom. The van der Waals surface area contributed by atoms with Crippen LogP contribution in [0.5, 0.6) is 5.75 Å². The van der Waals surface area contributed by atoms with Gasteiger partial charge in [-0.2, -0.15) is 0 Å². The number of ether oxygens (including phenoxy) is 1. The highest BCUT2D eigenvalue weighted by molar-refractivity contribution is 5.95. The van der Waals surface area contributed by atoms with Gasteiger partial charge in [0.05, 0.1) is 6.04 Å². The zero-order chi connectivity index (χ0) is 20.8. The van der Waals surface area contributed by atoms with Crippen LogP contribution in [0.25, 0.3) is 0 Å². The maximum absolute atomic E-state index is 12.4. The van der Waals surface area contributed by atoms with Crippen molar-refractivity contribution in [1.82, 2.24) is 10.2 Å². The van der Waals surface area contributed by atoms with Crippen LogP contribution in [0.3, 0.4) is 0 Å². The summed E-state index contributed by atoms with van der Waals surface area (Å²) in [5.74, 6) is 0.595. The number of nitrogens with one attached hydrogen (secondary N) is 1. The zero-order valence-corrected chi connectivity index (χ0v) is 17.3. The molecule has 2 fully saturated rings. The number of likely N-dealkylation sites (tertiary alicyclic amines) is 1. The first-order valence-electron chi connectivity index (χ1n) is 10.8. The smallest absolute Gasteiger partial charge is 0.258 e. The summed E-state index contributed by atoms with van der Waals surface area (Å²) >= 11 is 0. The van der Waals surface area contributed by atoms with Crippen LogP contribution in [0.2, 0.25) is 0 Å². The Morgan fingerprint density at radius 2 is 1.80 bits per heavy atom. The molecule has 0 unspecified atom stereocenters. The molecule has 2 aliphatic rings. The van der Waals surface area contributed by atoms with Crippen molar-refractivity contribution in [1.29, 1.82) is 0 Å². The van der Waals surface area contributed by atoms with Gasteiger partial charge in [-0.15, -0.1) is 0 Å². The van der Waals surface area contributed by atoms with E-state index in [1.165, 1.54) is 18.4 Å². The largest absolute Gasteiger partial charge is 0.484 e. The van der Waals surface area contributed by atoms with E-state index >= 15 is 0 Å².